The molecule has 2 aromatic rings. The molecule has 0 atom stereocenters. The number of hydrogen-bond acceptors (Lipinski definition) is 5. The highest BCUT2D eigenvalue weighted by Gasteiger charge is 2.36. The first-order valence-corrected chi connectivity index (χ1v) is 10.3. The van der Waals surface area contributed by atoms with Crippen LogP contribution in [0.2, 0.25) is 0 Å². The van der Waals surface area contributed by atoms with Gasteiger partial charge in [0.1, 0.15) is 11.3 Å². The Hall–Kier alpha value is -2.51. The molecule has 1 aromatic heterocycles. The van der Waals surface area contributed by atoms with Crippen LogP contribution in [0.1, 0.15) is 52.0 Å². The summed E-state index contributed by atoms with van der Waals surface area (Å²) < 4.78 is 51.8. The molecule has 1 aromatic carbocycles. The van der Waals surface area contributed by atoms with Gasteiger partial charge in [0.05, 0.1) is 13.2 Å². The molecular weight excluding hydrogens is 395 g/mol. The zero-order valence-corrected chi connectivity index (χ0v) is 18.0. The van der Waals surface area contributed by atoms with Gasteiger partial charge in [-0.3, -0.25) is 0 Å². The Kier molecular flexibility index (Phi) is 8.74. The van der Waals surface area contributed by atoms with Crippen molar-refractivity contribution in [3.63, 3.8) is 0 Å². The lowest BCUT2D eigenvalue weighted by Crippen LogP contribution is -2.20. The fourth-order valence-electron chi connectivity index (χ4n) is 2.75. The molecule has 0 radical (unpaired) electrons. The molecule has 0 fully saturated rings. The van der Waals surface area contributed by atoms with Crippen LogP contribution >= 0.6 is 0 Å². The average Bonchev–Trinajstić information content (AvgIpc) is 2.71. The summed E-state index contributed by atoms with van der Waals surface area (Å²) in [6.07, 6.45) is 0.501. The predicted octanol–water partition coefficient (Wildman–Crippen LogP) is 6.26. The van der Waals surface area contributed by atoms with E-state index in [1.165, 1.54) is 11.9 Å². The van der Waals surface area contributed by atoms with E-state index in [4.69, 9.17) is 9.47 Å². The number of nitrogens with zero attached hydrogens (tertiary/aromatic N) is 3. The van der Waals surface area contributed by atoms with Gasteiger partial charge in [0.2, 0.25) is 0 Å². The van der Waals surface area contributed by atoms with Crippen LogP contribution in [0.4, 0.5) is 24.7 Å². The standard InChI is InChI=1S/C22H30F3N3O2/c1-5-6-7-8-12-29-18-11-9-10-17(13-18)28(4)20-19(22(23,24)25)14-26-21(27-20)30-15-16(2)3/h9-11,13-14,16H,5-8,12,15H2,1-4H3. The Morgan fingerprint density at radius 1 is 1.10 bits per heavy atom. The normalized spacial score (nSPS) is 11.6. The van der Waals surface area contributed by atoms with Gasteiger partial charge in [-0.05, 0) is 24.5 Å². The van der Waals surface area contributed by atoms with Gasteiger partial charge in [-0.1, -0.05) is 46.1 Å². The van der Waals surface area contributed by atoms with E-state index in [9.17, 15) is 13.2 Å². The van der Waals surface area contributed by atoms with Crippen molar-refractivity contribution < 1.29 is 22.6 Å². The molecule has 0 aliphatic carbocycles. The van der Waals surface area contributed by atoms with E-state index in [0.717, 1.165) is 31.9 Å². The Morgan fingerprint density at radius 2 is 1.87 bits per heavy atom. The third-order valence-electron chi connectivity index (χ3n) is 4.39. The summed E-state index contributed by atoms with van der Waals surface area (Å²) in [7, 11) is 1.53. The van der Waals surface area contributed by atoms with E-state index >= 15 is 0 Å². The number of ether oxygens (including phenoxy) is 2. The smallest absolute Gasteiger partial charge is 0.421 e. The highest BCUT2D eigenvalue weighted by atomic mass is 19.4. The van der Waals surface area contributed by atoms with Crippen molar-refractivity contribution in [3.8, 4) is 11.8 Å². The first-order valence-electron chi connectivity index (χ1n) is 10.3. The van der Waals surface area contributed by atoms with Crippen LogP contribution in [0.25, 0.3) is 0 Å². The third kappa shape index (κ3) is 7.07. The Labute approximate surface area is 176 Å². The predicted molar refractivity (Wildman–Crippen MR) is 112 cm³/mol. The van der Waals surface area contributed by atoms with Gasteiger partial charge in [-0.25, -0.2) is 4.98 Å². The summed E-state index contributed by atoms with van der Waals surface area (Å²) in [5, 5.41) is 0. The molecule has 0 aliphatic heterocycles. The van der Waals surface area contributed by atoms with Gasteiger partial charge in [-0.2, -0.15) is 18.2 Å². The van der Waals surface area contributed by atoms with Crippen LogP contribution in [0.5, 0.6) is 11.8 Å². The summed E-state index contributed by atoms with van der Waals surface area (Å²) in [4.78, 5) is 9.15. The molecule has 0 amide bonds. The molecular formula is C22H30F3N3O2. The summed E-state index contributed by atoms with van der Waals surface area (Å²) in [5.41, 5.74) is -0.396. The fraction of sp³-hybridized carbons (Fsp3) is 0.545. The Balaban J connectivity index is 2.24. The number of benzene rings is 1. The molecule has 0 N–H and O–H groups in total. The number of anilines is 2. The third-order valence-corrected chi connectivity index (χ3v) is 4.39. The molecule has 8 heteroatoms. The van der Waals surface area contributed by atoms with Gasteiger partial charge in [0.15, 0.2) is 5.82 Å². The van der Waals surface area contributed by atoms with E-state index in [2.05, 4.69) is 16.9 Å². The molecule has 0 aliphatic rings. The van der Waals surface area contributed by atoms with Crippen LogP contribution in [-0.4, -0.2) is 30.2 Å². The number of rotatable bonds is 11. The quantitative estimate of drug-likeness (QED) is 0.398. The number of aromatic nitrogens is 2. The first-order chi connectivity index (χ1) is 14.2. The maximum Gasteiger partial charge on any atom is 0.421 e. The molecule has 30 heavy (non-hydrogen) atoms. The van der Waals surface area contributed by atoms with Gasteiger partial charge in [-0.15, -0.1) is 0 Å². The summed E-state index contributed by atoms with van der Waals surface area (Å²) >= 11 is 0. The Bertz CT molecular complexity index is 797. The van der Waals surface area contributed by atoms with Crippen LogP contribution in [-0.2, 0) is 6.18 Å². The molecule has 0 bridgehead atoms. The van der Waals surface area contributed by atoms with E-state index in [1.54, 1.807) is 24.3 Å². The van der Waals surface area contributed by atoms with E-state index in [-0.39, 0.29) is 17.7 Å². The van der Waals surface area contributed by atoms with E-state index in [0.29, 0.717) is 24.7 Å². The van der Waals surface area contributed by atoms with Crippen molar-refractivity contribution in [1.29, 1.82) is 0 Å². The molecule has 166 valence electrons. The van der Waals surface area contributed by atoms with E-state index in [1.807, 2.05) is 13.8 Å². The van der Waals surface area contributed by atoms with Crippen molar-refractivity contribution in [2.24, 2.45) is 5.92 Å². The van der Waals surface area contributed by atoms with Crippen molar-refractivity contribution in [1.82, 2.24) is 9.97 Å². The molecule has 0 saturated carbocycles. The highest BCUT2D eigenvalue weighted by molar-refractivity contribution is 5.64. The van der Waals surface area contributed by atoms with Crippen molar-refractivity contribution in [3.05, 3.63) is 36.0 Å². The minimum atomic E-state index is -4.59. The summed E-state index contributed by atoms with van der Waals surface area (Å²) in [6.45, 7) is 6.90. The highest BCUT2D eigenvalue weighted by Crippen LogP contribution is 2.38. The first kappa shape index (κ1) is 23.8. The average molecular weight is 425 g/mol. The Morgan fingerprint density at radius 3 is 2.53 bits per heavy atom. The summed E-state index contributed by atoms with van der Waals surface area (Å²) in [5.74, 6) is 0.536. The van der Waals surface area contributed by atoms with Crippen LogP contribution in [0, 0.1) is 5.92 Å². The van der Waals surface area contributed by atoms with Gasteiger partial charge >= 0.3 is 12.2 Å². The van der Waals surface area contributed by atoms with Crippen LogP contribution < -0.4 is 14.4 Å². The topological polar surface area (TPSA) is 47.5 Å². The maximum atomic E-state index is 13.5. The minimum absolute atomic E-state index is 0.0816. The number of hydrogen-bond donors (Lipinski definition) is 0. The molecule has 0 spiro atoms. The van der Waals surface area contributed by atoms with Crippen molar-refractivity contribution in [2.75, 3.05) is 25.2 Å². The lowest BCUT2D eigenvalue weighted by molar-refractivity contribution is -0.137. The zero-order valence-electron chi connectivity index (χ0n) is 18.0. The number of alkyl halides is 3. The van der Waals surface area contributed by atoms with Crippen molar-refractivity contribution >= 4 is 11.5 Å². The maximum absolute atomic E-state index is 13.5. The number of unbranched alkanes of at least 4 members (excludes halogenated alkanes) is 3. The van der Waals surface area contributed by atoms with Gasteiger partial charge in [0, 0.05) is 25.0 Å². The molecule has 5 nitrogen and oxygen atoms in total. The molecule has 0 unspecified atom stereocenters. The summed E-state index contributed by atoms with van der Waals surface area (Å²) in [6, 6.07) is 6.87. The fourth-order valence-corrected chi connectivity index (χ4v) is 2.75. The molecule has 1 heterocycles. The lowest BCUT2D eigenvalue weighted by Gasteiger charge is -2.23. The second kappa shape index (κ2) is 11.0. The number of halogens is 3. The molecule has 0 saturated heterocycles. The zero-order chi connectivity index (χ0) is 22.1. The van der Waals surface area contributed by atoms with Gasteiger partial charge in [0.25, 0.3) is 0 Å². The minimum Gasteiger partial charge on any atom is -0.494 e. The second-order valence-electron chi connectivity index (χ2n) is 7.56. The van der Waals surface area contributed by atoms with Gasteiger partial charge < -0.3 is 14.4 Å². The monoisotopic (exact) mass is 425 g/mol. The van der Waals surface area contributed by atoms with Crippen molar-refractivity contribution in [2.45, 2.75) is 52.6 Å². The largest absolute Gasteiger partial charge is 0.494 e. The van der Waals surface area contributed by atoms with Crippen LogP contribution in [0.15, 0.2) is 30.5 Å². The second-order valence-corrected chi connectivity index (χ2v) is 7.56. The lowest BCUT2D eigenvalue weighted by atomic mass is 10.2. The SMILES string of the molecule is CCCCCCOc1cccc(N(C)c2nc(OCC(C)C)ncc2C(F)(F)F)c1. The van der Waals surface area contributed by atoms with E-state index < -0.39 is 11.7 Å². The van der Waals surface area contributed by atoms with Crippen LogP contribution in [0.3, 0.4) is 0 Å². The molecule has 2 rings (SSSR count).